The minimum Gasteiger partial charge on any atom is -0.322 e. The van der Waals surface area contributed by atoms with E-state index in [1.807, 2.05) is 0 Å². The molecule has 3 rings (SSSR count). The smallest absolute Gasteiger partial charge is 0.322 e. The Balaban J connectivity index is 1.66. The first-order valence-electron chi connectivity index (χ1n) is 8.41. The molecule has 1 aromatic rings. The van der Waals surface area contributed by atoms with Gasteiger partial charge in [-0.3, -0.25) is 15.0 Å². The number of rotatable bonds is 3. The molecule has 0 bridgehead atoms. The molecule has 1 aliphatic carbocycles. The lowest BCUT2D eigenvalue weighted by Crippen LogP contribution is -2.51. The van der Waals surface area contributed by atoms with Crippen molar-refractivity contribution < 1.29 is 14.4 Å². The molecule has 0 aromatic heterocycles. The number of hydrogen-bond acceptors (Lipinski definition) is 3. The van der Waals surface area contributed by atoms with Crippen LogP contribution in [0.25, 0.3) is 6.08 Å². The summed E-state index contributed by atoms with van der Waals surface area (Å²) in [5, 5.41) is 4.40. The van der Waals surface area contributed by atoms with Crippen molar-refractivity contribution in [2.75, 3.05) is 0 Å². The van der Waals surface area contributed by atoms with Crippen LogP contribution in [0.4, 0.5) is 4.79 Å². The SMILES string of the molecule is CC1CCC2(CC1)NC(=O)N(NC(=O)/C=C/c1ccc(Cl)cc1Cl)C2=O. The monoisotopic (exact) mass is 395 g/mol. The molecule has 1 aromatic carbocycles. The Morgan fingerprint density at radius 1 is 1.31 bits per heavy atom. The fourth-order valence-corrected chi connectivity index (χ4v) is 3.74. The Labute approximate surface area is 161 Å². The van der Waals surface area contributed by atoms with E-state index in [1.54, 1.807) is 18.2 Å². The Kier molecular flexibility index (Phi) is 5.25. The van der Waals surface area contributed by atoms with Crippen LogP contribution in [0.5, 0.6) is 0 Å². The molecule has 0 radical (unpaired) electrons. The normalized spacial score (nSPS) is 25.8. The summed E-state index contributed by atoms with van der Waals surface area (Å²) in [6.45, 7) is 2.13. The first kappa shape index (κ1) is 18.7. The molecule has 1 spiro atoms. The second-order valence-electron chi connectivity index (χ2n) is 6.81. The lowest BCUT2D eigenvalue weighted by Gasteiger charge is -2.33. The zero-order valence-corrected chi connectivity index (χ0v) is 15.7. The average Bonchev–Trinajstić information content (AvgIpc) is 2.81. The number of carbonyl (C=O) groups excluding carboxylic acids is 3. The zero-order chi connectivity index (χ0) is 18.9. The van der Waals surface area contributed by atoms with E-state index in [0.717, 1.165) is 17.9 Å². The second-order valence-corrected chi connectivity index (χ2v) is 7.65. The summed E-state index contributed by atoms with van der Waals surface area (Å²) in [4.78, 5) is 37.0. The third kappa shape index (κ3) is 3.71. The van der Waals surface area contributed by atoms with Gasteiger partial charge < -0.3 is 5.32 Å². The van der Waals surface area contributed by atoms with Gasteiger partial charge in [0.25, 0.3) is 11.8 Å². The van der Waals surface area contributed by atoms with Crippen LogP contribution in [-0.2, 0) is 9.59 Å². The number of hydrazine groups is 1. The van der Waals surface area contributed by atoms with E-state index < -0.39 is 23.4 Å². The van der Waals surface area contributed by atoms with E-state index in [2.05, 4.69) is 17.7 Å². The molecule has 0 atom stereocenters. The third-order valence-corrected chi connectivity index (χ3v) is 5.45. The van der Waals surface area contributed by atoms with Gasteiger partial charge in [-0.05, 0) is 55.4 Å². The van der Waals surface area contributed by atoms with Gasteiger partial charge in [0.05, 0.1) is 0 Å². The van der Waals surface area contributed by atoms with Gasteiger partial charge in [0.1, 0.15) is 5.54 Å². The summed E-state index contributed by atoms with van der Waals surface area (Å²) in [6, 6.07) is 4.28. The van der Waals surface area contributed by atoms with Crippen molar-refractivity contribution in [3.63, 3.8) is 0 Å². The highest BCUT2D eigenvalue weighted by Crippen LogP contribution is 2.35. The third-order valence-electron chi connectivity index (χ3n) is 4.89. The molecule has 1 heterocycles. The Bertz CT molecular complexity index is 786. The van der Waals surface area contributed by atoms with E-state index in [1.165, 1.54) is 12.2 Å². The summed E-state index contributed by atoms with van der Waals surface area (Å²) < 4.78 is 0. The quantitative estimate of drug-likeness (QED) is 0.606. The first-order valence-corrected chi connectivity index (χ1v) is 9.17. The summed E-state index contributed by atoms with van der Waals surface area (Å²) in [5.41, 5.74) is 2.05. The van der Waals surface area contributed by atoms with Gasteiger partial charge in [0.2, 0.25) is 0 Å². The zero-order valence-electron chi connectivity index (χ0n) is 14.2. The largest absolute Gasteiger partial charge is 0.344 e. The fourth-order valence-electron chi connectivity index (χ4n) is 3.27. The molecular weight excluding hydrogens is 377 g/mol. The van der Waals surface area contributed by atoms with Crippen LogP contribution in [-0.4, -0.2) is 28.4 Å². The molecule has 8 heteroatoms. The molecule has 26 heavy (non-hydrogen) atoms. The van der Waals surface area contributed by atoms with Crippen LogP contribution in [0.3, 0.4) is 0 Å². The number of amides is 4. The topological polar surface area (TPSA) is 78.5 Å². The van der Waals surface area contributed by atoms with Crippen LogP contribution in [0, 0.1) is 5.92 Å². The van der Waals surface area contributed by atoms with Gasteiger partial charge >= 0.3 is 6.03 Å². The van der Waals surface area contributed by atoms with Crippen LogP contribution in [0.2, 0.25) is 10.0 Å². The van der Waals surface area contributed by atoms with Gasteiger partial charge in [0, 0.05) is 16.1 Å². The molecule has 2 N–H and O–H groups in total. The van der Waals surface area contributed by atoms with Gasteiger partial charge in [0.15, 0.2) is 0 Å². The van der Waals surface area contributed by atoms with Crippen molar-refractivity contribution in [1.29, 1.82) is 0 Å². The van der Waals surface area contributed by atoms with E-state index in [4.69, 9.17) is 23.2 Å². The van der Waals surface area contributed by atoms with E-state index in [-0.39, 0.29) is 0 Å². The maximum absolute atomic E-state index is 12.7. The molecule has 1 aliphatic heterocycles. The molecule has 2 aliphatic rings. The molecular formula is C18H19Cl2N3O3. The number of hydrogen-bond donors (Lipinski definition) is 2. The van der Waals surface area contributed by atoms with Gasteiger partial charge in [-0.15, -0.1) is 0 Å². The van der Waals surface area contributed by atoms with Crippen molar-refractivity contribution >= 4 is 47.1 Å². The summed E-state index contributed by atoms with van der Waals surface area (Å²) in [7, 11) is 0. The maximum atomic E-state index is 12.7. The first-order chi connectivity index (χ1) is 12.3. The Morgan fingerprint density at radius 2 is 2.00 bits per heavy atom. The molecule has 0 unspecified atom stereocenters. The number of carbonyl (C=O) groups is 3. The molecule has 1 saturated carbocycles. The standard InChI is InChI=1S/C18H19Cl2N3O3/c1-11-6-8-18(9-7-11)16(25)23(17(26)21-18)22-15(24)5-3-12-2-4-13(19)10-14(12)20/h2-5,10-11H,6-9H2,1H3,(H,21,26)(H,22,24)/b5-3+. The van der Waals surface area contributed by atoms with Crippen LogP contribution >= 0.6 is 23.2 Å². The Hall–Kier alpha value is -2.05. The Morgan fingerprint density at radius 3 is 2.65 bits per heavy atom. The highest BCUT2D eigenvalue weighted by Gasteiger charge is 2.52. The van der Waals surface area contributed by atoms with Crippen molar-refractivity contribution in [2.45, 2.75) is 38.1 Å². The summed E-state index contributed by atoms with van der Waals surface area (Å²) in [5.74, 6) is -0.470. The van der Waals surface area contributed by atoms with E-state index in [9.17, 15) is 14.4 Å². The van der Waals surface area contributed by atoms with Gasteiger partial charge in [-0.1, -0.05) is 36.2 Å². The predicted molar refractivity (Wildman–Crippen MR) is 99.4 cm³/mol. The van der Waals surface area contributed by atoms with Crippen molar-refractivity contribution in [2.24, 2.45) is 5.92 Å². The lowest BCUT2D eigenvalue weighted by atomic mass is 9.77. The van der Waals surface area contributed by atoms with Crippen molar-refractivity contribution in [3.05, 3.63) is 39.9 Å². The maximum Gasteiger partial charge on any atom is 0.344 e. The van der Waals surface area contributed by atoms with Crippen molar-refractivity contribution in [1.82, 2.24) is 15.8 Å². The predicted octanol–water partition coefficient (Wildman–Crippen LogP) is 3.54. The second kappa shape index (κ2) is 7.29. The van der Waals surface area contributed by atoms with Crippen LogP contribution in [0.1, 0.15) is 38.2 Å². The van der Waals surface area contributed by atoms with E-state index >= 15 is 0 Å². The van der Waals surface area contributed by atoms with Gasteiger partial charge in [-0.25, -0.2) is 4.79 Å². The number of urea groups is 1. The summed E-state index contributed by atoms with van der Waals surface area (Å²) >= 11 is 11.9. The molecule has 1 saturated heterocycles. The average molecular weight is 396 g/mol. The van der Waals surface area contributed by atoms with Gasteiger partial charge in [-0.2, -0.15) is 5.01 Å². The fraction of sp³-hybridized carbons (Fsp3) is 0.389. The number of nitrogens with one attached hydrogen (secondary N) is 2. The number of imide groups is 1. The minimum absolute atomic E-state index is 0.395. The van der Waals surface area contributed by atoms with E-state index in [0.29, 0.717) is 34.4 Å². The molecule has 2 fully saturated rings. The van der Waals surface area contributed by atoms with Crippen LogP contribution < -0.4 is 10.7 Å². The molecule has 6 nitrogen and oxygen atoms in total. The van der Waals surface area contributed by atoms with Crippen LogP contribution in [0.15, 0.2) is 24.3 Å². The molecule has 138 valence electrons. The summed E-state index contributed by atoms with van der Waals surface area (Å²) in [6.07, 6.45) is 5.60. The minimum atomic E-state index is -0.889. The highest BCUT2D eigenvalue weighted by molar-refractivity contribution is 6.35. The van der Waals surface area contributed by atoms with Crippen molar-refractivity contribution in [3.8, 4) is 0 Å². The number of halogens is 2. The highest BCUT2D eigenvalue weighted by atomic mass is 35.5. The number of nitrogens with zero attached hydrogens (tertiary/aromatic N) is 1. The lowest BCUT2D eigenvalue weighted by molar-refractivity contribution is -0.138. The number of benzene rings is 1. The molecule has 4 amide bonds.